The van der Waals surface area contributed by atoms with Crippen LogP contribution in [0.3, 0.4) is 0 Å². The average Bonchev–Trinajstić information content (AvgIpc) is 3.11. The number of ether oxygens (including phenoxy) is 2. The number of pyridine rings is 2. The van der Waals surface area contributed by atoms with Crippen LogP contribution in [0, 0.1) is 0 Å². The van der Waals surface area contributed by atoms with Gasteiger partial charge in [-0.3, -0.25) is 9.97 Å². The van der Waals surface area contributed by atoms with Crippen LogP contribution in [0.25, 0.3) is 55.0 Å². The van der Waals surface area contributed by atoms with Gasteiger partial charge in [0.1, 0.15) is 11.5 Å². The summed E-state index contributed by atoms with van der Waals surface area (Å²) < 4.78 is 12.1. The fourth-order valence-corrected chi connectivity index (χ4v) is 6.07. The van der Waals surface area contributed by atoms with Crippen molar-refractivity contribution in [3.8, 4) is 22.6 Å². The van der Waals surface area contributed by atoms with E-state index in [4.69, 9.17) is 19.4 Å². The van der Waals surface area contributed by atoms with Gasteiger partial charge in [-0.2, -0.15) is 0 Å². The Morgan fingerprint density at radius 1 is 0.489 bits per heavy atom. The second-order valence-corrected chi connectivity index (χ2v) is 10.7. The number of methoxy groups -OCH3 is 2. The highest BCUT2D eigenvalue weighted by Gasteiger charge is 2.21. The molecule has 8 aromatic rings. The highest BCUT2D eigenvalue weighted by atomic mass is 16.5. The van der Waals surface area contributed by atoms with Gasteiger partial charge in [0.15, 0.2) is 0 Å². The van der Waals surface area contributed by atoms with Crippen molar-refractivity contribution >= 4 is 60.9 Å². The lowest BCUT2D eigenvalue weighted by atomic mass is 10.0. The van der Waals surface area contributed by atoms with Crippen LogP contribution in [0.2, 0.25) is 0 Å². The lowest BCUT2D eigenvalue weighted by molar-refractivity contribution is 0.397. The van der Waals surface area contributed by atoms with E-state index in [9.17, 15) is 0 Å². The van der Waals surface area contributed by atoms with E-state index >= 15 is 0 Å². The summed E-state index contributed by atoms with van der Waals surface area (Å²) in [4.78, 5) is 21.7. The van der Waals surface area contributed by atoms with E-state index in [2.05, 4.69) is 39.1 Å². The molecule has 0 saturated heterocycles. The zero-order valence-corrected chi connectivity index (χ0v) is 24.7. The molecule has 0 unspecified atom stereocenters. The number of para-hydroxylation sites is 2. The Kier molecular flexibility index (Phi) is 6.42. The molecule has 0 bridgehead atoms. The molecule has 0 aliphatic carbocycles. The van der Waals surface area contributed by atoms with Crippen molar-refractivity contribution < 1.29 is 9.47 Å². The van der Waals surface area contributed by atoms with Crippen molar-refractivity contribution in [2.45, 2.75) is 0 Å². The Hall–Kier alpha value is -6.08. The van der Waals surface area contributed by atoms with Gasteiger partial charge in [-0.05, 0) is 66.2 Å². The van der Waals surface area contributed by atoms with Gasteiger partial charge in [0.25, 0.3) is 0 Å². The molecule has 3 aromatic heterocycles. The molecule has 0 saturated carbocycles. The first kappa shape index (κ1) is 26.5. The molecule has 0 N–H and O–H groups in total. The van der Waals surface area contributed by atoms with Crippen LogP contribution < -0.4 is 14.4 Å². The molecular formula is C38H27N5O2. The summed E-state index contributed by atoms with van der Waals surface area (Å²) in [7, 11) is 3.37. The summed E-state index contributed by atoms with van der Waals surface area (Å²) in [6, 6.07) is 38.6. The summed E-state index contributed by atoms with van der Waals surface area (Å²) >= 11 is 0. The lowest BCUT2D eigenvalue weighted by Crippen LogP contribution is -2.10. The average molecular weight is 586 g/mol. The molecule has 0 radical (unpaired) electrons. The summed E-state index contributed by atoms with van der Waals surface area (Å²) in [6.07, 6.45) is 3.57. The van der Waals surface area contributed by atoms with E-state index in [1.165, 1.54) is 0 Å². The molecule has 0 aliphatic heterocycles. The van der Waals surface area contributed by atoms with Crippen molar-refractivity contribution in [3.05, 3.63) is 128 Å². The largest absolute Gasteiger partial charge is 0.496 e. The number of fused-ring (bicyclic) bond motifs is 7. The van der Waals surface area contributed by atoms with Crippen molar-refractivity contribution in [3.63, 3.8) is 0 Å². The third-order valence-corrected chi connectivity index (χ3v) is 8.08. The van der Waals surface area contributed by atoms with E-state index in [-0.39, 0.29) is 0 Å². The molecule has 0 atom stereocenters. The molecule has 0 spiro atoms. The molecule has 7 heteroatoms. The van der Waals surface area contributed by atoms with Crippen LogP contribution >= 0.6 is 0 Å². The van der Waals surface area contributed by atoms with Crippen LogP contribution in [-0.2, 0) is 0 Å². The SMILES string of the molecule is COc1cc(N(c2ccccc2)c2ccccc2)cc(OC)c1-c1ccc2nc3c4cccnc4c4ncccc4c3nc2c1. The minimum absolute atomic E-state index is 0.682. The zero-order valence-electron chi connectivity index (χ0n) is 24.7. The van der Waals surface area contributed by atoms with Crippen LogP contribution in [0.15, 0.2) is 128 Å². The van der Waals surface area contributed by atoms with Gasteiger partial charge < -0.3 is 14.4 Å². The molecular weight excluding hydrogens is 558 g/mol. The summed E-state index contributed by atoms with van der Waals surface area (Å²) in [5.41, 5.74) is 9.48. The molecule has 8 rings (SSSR count). The Morgan fingerprint density at radius 2 is 1.02 bits per heavy atom. The van der Waals surface area contributed by atoms with E-state index in [1.54, 1.807) is 26.6 Å². The minimum atomic E-state index is 0.682. The summed E-state index contributed by atoms with van der Waals surface area (Å²) in [5, 5.41) is 1.84. The highest BCUT2D eigenvalue weighted by Crippen LogP contribution is 2.46. The maximum atomic E-state index is 6.04. The first-order chi connectivity index (χ1) is 22.2. The molecule has 7 nitrogen and oxygen atoms in total. The van der Waals surface area contributed by atoms with Crippen LogP contribution in [0.4, 0.5) is 17.1 Å². The maximum Gasteiger partial charge on any atom is 0.132 e. The standard InChI is InChI=1S/C38H27N5O2/c1-44-32-22-27(43(25-11-5-3-6-12-25)26-13-7-4-8-14-26)23-33(45-2)34(32)24-17-18-30-31(21-24)42-38-29-16-10-20-40-36(29)35-28(37(38)41-30)15-9-19-39-35/h3-23H,1-2H3. The summed E-state index contributed by atoms with van der Waals surface area (Å²) in [6.45, 7) is 0. The number of benzene rings is 5. The monoisotopic (exact) mass is 585 g/mol. The van der Waals surface area contributed by atoms with E-state index in [0.29, 0.717) is 11.5 Å². The van der Waals surface area contributed by atoms with Crippen molar-refractivity contribution in [2.24, 2.45) is 0 Å². The third kappa shape index (κ3) is 4.44. The number of aromatic nitrogens is 4. The Balaban J connectivity index is 1.33. The van der Waals surface area contributed by atoms with E-state index < -0.39 is 0 Å². The van der Waals surface area contributed by atoms with Gasteiger partial charge in [-0.1, -0.05) is 42.5 Å². The van der Waals surface area contributed by atoms with Gasteiger partial charge in [-0.15, -0.1) is 0 Å². The quantitative estimate of drug-likeness (QED) is 0.142. The van der Waals surface area contributed by atoms with Crippen molar-refractivity contribution in [1.82, 2.24) is 19.9 Å². The van der Waals surface area contributed by atoms with E-state index in [0.717, 1.165) is 72.1 Å². The highest BCUT2D eigenvalue weighted by molar-refractivity contribution is 6.21. The number of rotatable bonds is 6. The second kappa shape index (κ2) is 10.9. The Labute approximate surface area is 259 Å². The number of hydrogen-bond donors (Lipinski definition) is 0. The topological polar surface area (TPSA) is 73.3 Å². The molecule has 216 valence electrons. The lowest BCUT2D eigenvalue weighted by Gasteiger charge is -2.27. The van der Waals surface area contributed by atoms with Crippen LogP contribution in [0.1, 0.15) is 0 Å². The number of anilines is 3. The fraction of sp³-hybridized carbons (Fsp3) is 0.0526. The zero-order chi connectivity index (χ0) is 30.3. The Bertz CT molecular complexity index is 2300. The first-order valence-electron chi connectivity index (χ1n) is 14.6. The second-order valence-electron chi connectivity index (χ2n) is 10.7. The molecule has 5 aromatic carbocycles. The normalized spacial score (nSPS) is 11.3. The minimum Gasteiger partial charge on any atom is -0.496 e. The molecule has 0 fully saturated rings. The first-order valence-corrected chi connectivity index (χ1v) is 14.6. The van der Waals surface area contributed by atoms with Gasteiger partial charge >= 0.3 is 0 Å². The molecule has 0 aliphatic rings. The molecule has 45 heavy (non-hydrogen) atoms. The fourth-order valence-electron chi connectivity index (χ4n) is 6.07. The number of hydrogen-bond acceptors (Lipinski definition) is 7. The predicted molar refractivity (Wildman–Crippen MR) is 181 cm³/mol. The van der Waals surface area contributed by atoms with Gasteiger partial charge in [-0.25, -0.2) is 9.97 Å². The van der Waals surface area contributed by atoms with Gasteiger partial charge in [0, 0.05) is 46.7 Å². The van der Waals surface area contributed by atoms with Gasteiger partial charge in [0.05, 0.1) is 58.6 Å². The predicted octanol–water partition coefficient (Wildman–Crippen LogP) is 9.03. The maximum absolute atomic E-state index is 6.04. The van der Waals surface area contributed by atoms with Gasteiger partial charge in [0.2, 0.25) is 0 Å². The van der Waals surface area contributed by atoms with Crippen molar-refractivity contribution in [2.75, 3.05) is 19.1 Å². The summed E-state index contributed by atoms with van der Waals surface area (Å²) in [5.74, 6) is 1.36. The smallest absolute Gasteiger partial charge is 0.132 e. The van der Waals surface area contributed by atoms with Crippen LogP contribution in [-0.4, -0.2) is 34.2 Å². The molecule has 0 amide bonds. The third-order valence-electron chi connectivity index (χ3n) is 8.08. The van der Waals surface area contributed by atoms with Crippen LogP contribution in [0.5, 0.6) is 11.5 Å². The van der Waals surface area contributed by atoms with Crippen molar-refractivity contribution in [1.29, 1.82) is 0 Å². The number of nitrogens with zero attached hydrogens (tertiary/aromatic N) is 5. The Morgan fingerprint density at radius 3 is 1.56 bits per heavy atom. The van der Waals surface area contributed by atoms with E-state index in [1.807, 2.05) is 91.0 Å². The molecule has 3 heterocycles.